The number of pyridine rings is 2. The third-order valence-electron chi connectivity index (χ3n) is 6.09. The smallest absolute Gasteiger partial charge is 0.306 e. The van der Waals surface area contributed by atoms with Gasteiger partial charge in [0.1, 0.15) is 11.5 Å². The number of methoxy groups -OCH3 is 1. The number of hydrogen-bond acceptors (Lipinski definition) is 6. The predicted octanol–water partition coefficient (Wildman–Crippen LogP) is 4.05. The molecule has 0 aliphatic rings. The Morgan fingerprint density at radius 3 is 2.56 bits per heavy atom. The minimum absolute atomic E-state index is 0.103. The van der Waals surface area contributed by atoms with Gasteiger partial charge in [0.2, 0.25) is 0 Å². The molecule has 0 bridgehead atoms. The van der Waals surface area contributed by atoms with Crippen LogP contribution in [0.15, 0.2) is 71.7 Å². The normalized spacial score (nSPS) is 11.9. The van der Waals surface area contributed by atoms with Gasteiger partial charge in [-0.3, -0.25) is 14.6 Å². The Balaban J connectivity index is 1.82. The molecule has 7 nitrogen and oxygen atoms in total. The number of ether oxygens (including phenoxy) is 1. The van der Waals surface area contributed by atoms with Crippen LogP contribution < -0.4 is 5.56 Å². The monoisotopic (exact) mass is 458 g/mol. The molecule has 0 saturated heterocycles. The zero-order chi connectivity index (χ0) is 24.2. The van der Waals surface area contributed by atoms with Crippen LogP contribution in [0.1, 0.15) is 34.7 Å². The number of aromatic nitrogens is 2. The second-order valence-corrected chi connectivity index (χ2v) is 8.21. The molecular formula is C27H26N2O5. The minimum Gasteiger partial charge on any atom is -0.508 e. The second kappa shape index (κ2) is 9.79. The highest BCUT2D eigenvalue weighted by Crippen LogP contribution is 2.35. The van der Waals surface area contributed by atoms with E-state index in [9.17, 15) is 19.8 Å². The largest absolute Gasteiger partial charge is 0.508 e. The summed E-state index contributed by atoms with van der Waals surface area (Å²) in [4.78, 5) is 30.5. The van der Waals surface area contributed by atoms with Crippen LogP contribution in [0.3, 0.4) is 0 Å². The van der Waals surface area contributed by atoms with Gasteiger partial charge in [-0.05, 0) is 54.8 Å². The summed E-state index contributed by atoms with van der Waals surface area (Å²) in [6.07, 6.45) is 2.09. The molecule has 2 aromatic carbocycles. The van der Waals surface area contributed by atoms with Gasteiger partial charge in [0, 0.05) is 29.7 Å². The Hall–Kier alpha value is -4.13. The van der Waals surface area contributed by atoms with Gasteiger partial charge in [0.25, 0.3) is 5.56 Å². The van der Waals surface area contributed by atoms with Crippen molar-refractivity contribution in [2.45, 2.75) is 32.2 Å². The van der Waals surface area contributed by atoms with Crippen molar-refractivity contribution < 1.29 is 19.7 Å². The van der Waals surface area contributed by atoms with E-state index in [1.54, 1.807) is 54.1 Å². The summed E-state index contributed by atoms with van der Waals surface area (Å²) in [5.41, 5.74) is 2.82. The van der Waals surface area contributed by atoms with Crippen LogP contribution in [-0.2, 0) is 22.5 Å². The summed E-state index contributed by atoms with van der Waals surface area (Å²) in [5, 5.41) is 21.2. The van der Waals surface area contributed by atoms with Crippen LogP contribution in [0.2, 0.25) is 0 Å². The lowest BCUT2D eigenvalue weighted by Gasteiger charge is -2.21. The zero-order valence-electron chi connectivity index (χ0n) is 19.1. The van der Waals surface area contributed by atoms with Crippen molar-refractivity contribution in [1.29, 1.82) is 0 Å². The lowest BCUT2D eigenvalue weighted by Crippen LogP contribution is -2.29. The molecule has 174 valence electrons. The number of carbonyl (C=O) groups excluding carboxylic acids is 1. The number of carbonyl (C=O) groups is 1. The number of aryl methyl sites for hydroxylation is 2. The van der Waals surface area contributed by atoms with Crippen LogP contribution in [0.4, 0.5) is 0 Å². The number of benzene rings is 2. The Labute approximate surface area is 196 Å². The first-order valence-electron chi connectivity index (χ1n) is 11.0. The minimum atomic E-state index is -0.714. The average molecular weight is 459 g/mol. The van der Waals surface area contributed by atoms with Crippen molar-refractivity contribution in [2.24, 2.45) is 0 Å². The molecule has 2 N–H and O–H groups in total. The molecule has 0 saturated carbocycles. The van der Waals surface area contributed by atoms with Gasteiger partial charge in [-0.25, -0.2) is 0 Å². The average Bonchev–Trinajstić information content (AvgIpc) is 2.83. The van der Waals surface area contributed by atoms with Gasteiger partial charge < -0.3 is 19.5 Å². The molecule has 0 radical (unpaired) electrons. The van der Waals surface area contributed by atoms with Crippen molar-refractivity contribution in [2.75, 3.05) is 7.11 Å². The van der Waals surface area contributed by atoms with E-state index in [2.05, 4.69) is 4.98 Å². The standard InChI is InChI=1S/C27H26N2O5/c1-17-15-24(31)26(27(33)29(17)14-12-18-7-9-19(30)10-8-18)22(16-25(32)34-2)20-11-13-28-23-6-4-3-5-21(20)23/h3-11,13,15,22,30-31H,12,14,16H2,1-2H3. The molecule has 0 spiro atoms. The van der Waals surface area contributed by atoms with Gasteiger partial charge in [-0.1, -0.05) is 30.3 Å². The first kappa shape index (κ1) is 23.0. The fourth-order valence-electron chi connectivity index (χ4n) is 4.32. The Bertz CT molecular complexity index is 1390. The Morgan fingerprint density at radius 1 is 1.09 bits per heavy atom. The fraction of sp³-hybridized carbons (Fsp3) is 0.222. The lowest BCUT2D eigenvalue weighted by atomic mass is 9.86. The number of phenolic OH excluding ortho intramolecular Hbond substituents is 1. The molecule has 34 heavy (non-hydrogen) atoms. The highest BCUT2D eigenvalue weighted by molar-refractivity contribution is 5.84. The highest BCUT2D eigenvalue weighted by Gasteiger charge is 2.28. The van der Waals surface area contributed by atoms with Crippen molar-refractivity contribution in [3.8, 4) is 11.5 Å². The molecule has 0 aliphatic heterocycles. The van der Waals surface area contributed by atoms with Crippen LogP contribution in [0.5, 0.6) is 11.5 Å². The third kappa shape index (κ3) is 4.64. The van der Waals surface area contributed by atoms with Gasteiger partial charge in [-0.15, -0.1) is 0 Å². The van der Waals surface area contributed by atoms with E-state index in [-0.39, 0.29) is 29.0 Å². The number of fused-ring (bicyclic) bond motifs is 1. The first-order chi connectivity index (χ1) is 16.4. The maximum absolute atomic E-state index is 13.7. The molecule has 2 heterocycles. The molecule has 1 atom stereocenters. The number of esters is 1. The van der Waals surface area contributed by atoms with E-state index in [1.165, 1.54) is 7.11 Å². The SMILES string of the molecule is COC(=O)CC(c1c(O)cc(C)n(CCc2ccc(O)cc2)c1=O)c1ccnc2ccccc12. The Kier molecular flexibility index (Phi) is 6.63. The van der Waals surface area contributed by atoms with E-state index in [0.717, 1.165) is 22.0 Å². The lowest BCUT2D eigenvalue weighted by molar-refractivity contribution is -0.140. The third-order valence-corrected chi connectivity index (χ3v) is 6.09. The summed E-state index contributed by atoms with van der Waals surface area (Å²) in [7, 11) is 1.30. The van der Waals surface area contributed by atoms with Crippen molar-refractivity contribution in [1.82, 2.24) is 9.55 Å². The van der Waals surface area contributed by atoms with Gasteiger partial charge in [0.05, 0.1) is 24.6 Å². The second-order valence-electron chi connectivity index (χ2n) is 8.21. The summed E-state index contributed by atoms with van der Waals surface area (Å²) in [5.74, 6) is -1.17. The summed E-state index contributed by atoms with van der Waals surface area (Å²) >= 11 is 0. The van der Waals surface area contributed by atoms with Crippen molar-refractivity contribution >= 4 is 16.9 Å². The Morgan fingerprint density at radius 2 is 1.82 bits per heavy atom. The fourth-order valence-corrected chi connectivity index (χ4v) is 4.32. The van der Waals surface area contributed by atoms with Crippen LogP contribution >= 0.6 is 0 Å². The van der Waals surface area contributed by atoms with Gasteiger partial charge in [-0.2, -0.15) is 0 Å². The van der Waals surface area contributed by atoms with E-state index in [4.69, 9.17) is 4.74 Å². The molecular weight excluding hydrogens is 432 g/mol. The predicted molar refractivity (Wildman–Crippen MR) is 129 cm³/mol. The molecule has 1 unspecified atom stereocenters. The van der Waals surface area contributed by atoms with Crippen LogP contribution in [-0.4, -0.2) is 32.8 Å². The quantitative estimate of drug-likeness (QED) is 0.405. The van der Waals surface area contributed by atoms with Crippen LogP contribution in [0.25, 0.3) is 10.9 Å². The summed E-state index contributed by atoms with van der Waals surface area (Å²) in [6, 6.07) is 17.6. The van der Waals surface area contributed by atoms with Crippen molar-refractivity contribution in [3.63, 3.8) is 0 Å². The first-order valence-corrected chi connectivity index (χ1v) is 11.0. The maximum atomic E-state index is 13.7. The van der Waals surface area contributed by atoms with E-state index in [0.29, 0.717) is 18.7 Å². The van der Waals surface area contributed by atoms with Crippen molar-refractivity contribution in [3.05, 3.63) is 99.6 Å². The summed E-state index contributed by atoms with van der Waals surface area (Å²) in [6.45, 7) is 2.14. The number of hydrogen-bond donors (Lipinski definition) is 2. The van der Waals surface area contributed by atoms with E-state index >= 15 is 0 Å². The van der Waals surface area contributed by atoms with Gasteiger partial charge >= 0.3 is 5.97 Å². The molecule has 7 heteroatoms. The zero-order valence-corrected chi connectivity index (χ0v) is 19.1. The number of rotatable bonds is 7. The molecule has 0 amide bonds. The van der Waals surface area contributed by atoms with Crippen LogP contribution in [0, 0.1) is 6.92 Å². The number of nitrogens with zero attached hydrogens (tertiary/aromatic N) is 2. The molecule has 4 rings (SSSR count). The number of para-hydroxylation sites is 1. The number of aromatic hydroxyl groups is 2. The summed E-state index contributed by atoms with van der Waals surface area (Å²) < 4.78 is 6.53. The van der Waals surface area contributed by atoms with E-state index < -0.39 is 11.9 Å². The van der Waals surface area contributed by atoms with Gasteiger partial charge in [0.15, 0.2) is 0 Å². The molecule has 0 fully saturated rings. The molecule has 2 aromatic heterocycles. The maximum Gasteiger partial charge on any atom is 0.306 e. The highest BCUT2D eigenvalue weighted by atomic mass is 16.5. The number of phenols is 1. The topological polar surface area (TPSA) is 102 Å². The molecule has 0 aliphatic carbocycles. The molecule has 4 aromatic rings. The van der Waals surface area contributed by atoms with E-state index in [1.807, 2.05) is 24.3 Å².